The number of nitrogens with zero attached hydrogens (tertiary/aromatic N) is 1. The molecule has 0 aliphatic rings. The van der Waals surface area contributed by atoms with Crippen molar-refractivity contribution in [1.29, 1.82) is 0 Å². The third kappa shape index (κ3) is 6.47. The summed E-state index contributed by atoms with van der Waals surface area (Å²) in [4.78, 5) is 14.2. The number of likely N-dealkylation sites (N-methyl/N-ethyl adjacent to an activating group) is 1. The van der Waals surface area contributed by atoms with E-state index in [4.69, 9.17) is 9.47 Å². The van der Waals surface area contributed by atoms with E-state index in [9.17, 15) is 4.79 Å². The smallest absolute Gasteiger partial charge is 0.257 e. The van der Waals surface area contributed by atoms with Crippen molar-refractivity contribution in [3.8, 4) is 11.5 Å². The third-order valence-corrected chi connectivity index (χ3v) is 4.01. The van der Waals surface area contributed by atoms with Gasteiger partial charge in [0.2, 0.25) is 0 Å². The second-order valence-electron chi connectivity index (χ2n) is 6.08. The first-order valence-corrected chi connectivity index (χ1v) is 8.32. The average molecular weight is 342 g/mol. The molecule has 0 saturated heterocycles. The molecule has 1 N–H and O–H groups in total. The van der Waals surface area contributed by atoms with E-state index < -0.39 is 0 Å². The number of hydrogen-bond donors (Lipinski definition) is 1. The Kier molecular flexibility index (Phi) is 7.29. The van der Waals surface area contributed by atoms with Crippen LogP contribution in [0.15, 0.2) is 54.6 Å². The Labute approximate surface area is 149 Å². The summed E-state index contributed by atoms with van der Waals surface area (Å²) >= 11 is 0. The molecule has 5 nitrogen and oxygen atoms in total. The Morgan fingerprint density at radius 2 is 1.68 bits per heavy atom. The number of methoxy groups -OCH3 is 1. The molecule has 0 aromatic heterocycles. The van der Waals surface area contributed by atoms with Gasteiger partial charge in [-0.1, -0.05) is 30.3 Å². The van der Waals surface area contributed by atoms with Crippen LogP contribution in [0.4, 0.5) is 0 Å². The minimum absolute atomic E-state index is 0.00217. The standard InChI is InChI=1S/C20H26N2O3/c1-22(2)17(13-16-7-5-4-6-8-16)14-21-20(23)15-25-19-11-9-18(24-3)10-12-19/h4-12,17H,13-15H2,1-3H3,(H,21,23). The predicted molar refractivity (Wildman–Crippen MR) is 99.1 cm³/mol. The predicted octanol–water partition coefficient (Wildman–Crippen LogP) is 2.36. The molecular formula is C20H26N2O3. The molecule has 1 atom stereocenters. The Bertz CT molecular complexity index is 642. The molecule has 134 valence electrons. The maximum absolute atomic E-state index is 12.0. The second-order valence-corrected chi connectivity index (χ2v) is 6.08. The maximum Gasteiger partial charge on any atom is 0.257 e. The quantitative estimate of drug-likeness (QED) is 0.760. The van der Waals surface area contributed by atoms with Gasteiger partial charge in [0, 0.05) is 12.6 Å². The lowest BCUT2D eigenvalue weighted by Gasteiger charge is -2.24. The van der Waals surface area contributed by atoms with Gasteiger partial charge < -0.3 is 19.7 Å². The molecule has 0 saturated carbocycles. The normalized spacial score (nSPS) is 11.8. The van der Waals surface area contributed by atoms with Crippen LogP contribution < -0.4 is 14.8 Å². The molecule has 5 heteroatoms. The van der Waals surface area contributed by atoms with Crippen molar-refractivity contribution >= 4 is 5.91 Å². The molecule has 2 aromatic rings. The lowest BCUT2D eigenvalue weighted by atomic mass is 10.1. The van der Waals surface area contributed by atoms with Crippen LogP contribution in [0, 0.1) is 0 Å². The van der Waals surface area contributed by atoms with E-state index in [1.807, 2.05) is 32.3 Å². The molecule has 1 amide bonds. The van der Waals surface area contributed by atoms with Gasteiger partial charge in [-0.05, 0) is 50.3 Å². The van der Waals surface area contributed by atoms with Crippen LogP contribution in [-0.2, 0) is 11.2 Å². The van der Waals surface area contributed by atoms with Gasteiger partial charge in [0.1, 0.15) is 11.5 Å². The SMILES string of the molecule is COc1ccc(OCC(=O)NCC(Cc2ccccc2)N(C)C)cc1. The summed E-state index contributed by atoms with van der Waals surface area (Å²) in [6.07, 6.45) is 0.882. The Balaban J connectivity index is 1.78. The fraction of sp³-hybridized carbons (Fsp3) is 0.350. The van der Waals surface area contributed by atoms with Crippen molar-refractivity contribution < 1.29 is 14.3 Å². The topological polar surface area (TPSA) is 50.8 Å². The molecule has 0 heterocycles. The zero-order valence-electron chi connectivity index (χ0n) is 15.1. The molecule has 0 spiro atoms. The highest BCUT2D eigenvalue weighted by molar-refractivity contribution is 5.77. The van der Waals surface area contributed by atoms with E-state index in [0.717, 1.165) is 12.2 Å². The summed E-state index contributed by atoms with van der Waals surface area (Å²) in [5, 5.41) is 2.95. The third-order valence-electron chi connectivity index (χ3n) is 4.01. The maximum atomic E-state index is 12.0. The van der Waals surface area contributed by atoms with Crippen LogP contribution in [0.1, 0.15) is 5.56 Å². The summed E-state index contributed by atoms with van der Waals surface area (Å²) in [5.74, 6) is 1.27. The summed E-state index contributed by atoms with van der Waals surface area (Å²) in [5.41, 5.74) is 1.25. The van der Waals surface area contributed by atoms with E-state index in [-0.39, 0.29) is 18.6 Å². The van der Waals surface area contributed by atoms with Gasteiger partial charge >= 0.3 is 0 Å². The van der Waals surface area contributed by atoms with Crippen LogP contribution in [-0.4, -0.2) is 51.2 Å². The Morgan fingerprint density at radius 3 is 2.28 bits per heavy atom. The monoisotopic (exact) mass is 342 g/mol. The minimum Gasteiger partial charge on any atom is -0.497 e. The molecule has 1 unspecified atom stereocenters. The first-order chi connectivity index (χ1) is 12.1. The van der Waals surface area contributed by atoms with E-state index in [0.29, 0.717) is 12.3 Å². The van der Waals surface area contributed by atoms with Gasteiger partial charge in [-0.3, -0.25) is 4.79 Å². The van der Waals surface area contributed by atoms with Gasteiger partial charge in [-0.2, -0.15) is 0 Å². The van der Waals surface area contributed by atoms with Crippen LogP contribution in [0.2, 0.25) is 0 Å². The number of benzene rings is 2. The van der Waals surface area contributed by atoms with Crippen LogP contribution >= 0.6 is 0 Å². The van der Waals surface area contributed by atoms with Crippen molar-refractivity contribution in [2.45, 2.75) is 12.5 Å². The summed E-state index contributed by atoms with van der Waals surface area (Å²) < 4.78 is 10.6. The summed E-state index contributed by atoms with van der Waals surface area (Å²) in [6.45, 7) is 0.574. The van der Waals surface area contributed by atoms with E-state index in [2.05, 4.69) is 22.3 Å². The number of nitrogens with one attached hydrogen (secondary N) is 1. The lowest BCUT2D eigenvalue weighted by Crippen LogP contribution is -2.42. The zero-order chi connectivity index (χ0) is 18.1. The van der Waals surface area contributed by atoms with Gasteiger partial charge in [-0.25, -0.2) is 0 Å². The molecule has 0 aliphatic heterocycles. The van der Waals surface area contributed by atoms with Crippen LogP contribution in [0.3, 0.4) is 0 Å². The van der Waals surface area contributed by atoms with E-state index in [1.54, 1.807) is 31.4 Å². The highest BCUT2D eigenvalue weighted by Crippen LogP contribution is 2.16. The number of rotatable bonds is 9. The lowest BCUT2D eigenvalue weighted by molar-refractivity contribution is -0.123. The zero-order valence-corrected chi connectivity index (χ0v) is 15.1. The van der Waals surface area contributed by atoms with E-state index >= 15 is 0 Å². The summed E-state index contributed by atoms with van der Waals surface area (Å²) in [7, 11) is 5.65. The molecule has 2 rings (SSSR count). The van der Waals surface area contributed by atoms with Gasteiger partial charge in [-0.15, -0.1) is 0 Å². The van der Waals surface area contributed by atoms with Crippen molar-refractivity contribution in [2.24, 2.45) is 0 Å². The van der Waals surface area contributed by atoms with Crippen molar-refractivity contribution in [2.75, 3.05) is 34.4 Å². The molecule has 2 aromatic carbocycles. The van der Waals surface area contributed by atoms with Gasteiger partial charge in [0.25, 0.3) is 5.91 Å². The second kappa shape index (κ2) is 9.69. The van der Waals surface area contributed by atoms with Gasteiger partial charge in [0.15, 0.2) is 6.61 Å². The van der Waals surface area contributed by atoms with Crippen molar-refractivity contribution in [3.05, 3.63) is 60.2 Å². The van der Waals surface area contributed by atoms with E-state index in [1.165, 1.54) is 5.56 Å². The number of carbonyl (C=O) groups excluding carboxylic acids is 1. The number of carbonyl (C=O) groups is 1. The minimum atomic E-state index is -0.129. The first-order valence-electron chi connectivity index (χ1n) is 8.32. The number of amides is 1. The van der Waals surface area contributed by atoms with Crippen molar-refractivity contribution in [1.82, 2.24) is 10.2 Å². The molecule has 0 radical (unpaired) electrons. The fourth-order valence-electron chi connectivity index (χ4n) is 2.43. The largest absolute Gasteiger partial charge is 0.497 e. The molecule has 0 fully saturated rings. The van der Waals surface area contributed by atoms with Gasteiger partial charge in [0.05, 0.1) is 7.11 Å². The Morgan fingerprint density at radius 1 is 1.04 bits per heavy atom. The number of ether oxygens (including phenoxy) is 2. The first kappa shape index (κ1) is 18.8. The fourth-order valence-corrected chi connectivity index (χ4v) is 2.43. The highest BCUT2D eigenvalue weighted by Gasteiger charge is 2.14. The van der Waals surface area contributed by atoms with Crippen LogP contribution in [0.25, 0.3) is 0 Å². The highest BCUT2D eigenvalue weighted by atomic mass is 16.5. The molecule has 0 aliphatic carbocycles. The van der Waals surface area contributed by atoms with Crippen molar-refractivity contribution in [3.63, 3.8) is 0 Å². The molecule has 25 heavy (non-hydrogen) atoms. The average Bonchev–Trinajstić information content (AvgIpc) is 2.64. The molecule has 0 bridgehead atoms. The number of hydrogen-bond acceptors (Lipinski definition) is 4. The summed E-state index contributed by atoms with van der Waals surface area (Å²) in [6, 6.07) is 17.7. The van der Waals surface area contributed by atoms with Crippen LogP contribution in [0.5, 0.6) is 11.5 Å². The Hall–Kier alpha value is -2.53. The molecular weight excluding hydrogens is 316 g/mol.